The standard InChI is InChI=1S/C14H30N2O/c1-5-13(6-2)16(9-10-17-4)14(3,11-15)12-7-8-12/h12-13H,5-11,15H2,1-4H3. The minimum Gasteiger partial charge on any atom is -0.383 e. The van der Waals surface area contributed by atoms with Gasteiger partial charge >= 0.3 is 0 Å². The number of nitrogens with two attached hydrogens (primary N) is 1. The third-order valence-electron chi connectivity index (χ3n) is 4.45. The molecule has 102 valence electrons. The fourth-order valence-electron chi connectivity index (χ4n) is 3.00. The van der Waals surface area contributed by atoms with Crippen molar-refractivity contribution >= 4 is 0 Å². The topological polar surface area (TPSA) is 38.5 Å². The fourth-order valence-corrected chi connectivity index (χ4v) is 3.00. The molecule has 1 unspecified atom stereocenters. The summed E-state index contributed by atoms with van der Waals surface area (Å²) in [7, 11) is 1.78. The van der Waals surface area contributed by atoms with Crippen molar-refractivity contribution < 1.29 is 4.74 Å². The molecule has 3 heteroatoms. The van der Waals surface area contributed by atoms with Gasteiger partial charge in [0.2, 0.25) is 0 Å². The number of methoxy groups -OCH3 is 1. The van der Waals surface area contributed by atoms with Gasteiger partial charge in [-0.1, -0.05) is 13.8 Å². The highest BCUT2D eigenvalue weighted by molar-refractivity contribution is 5.01. The summed E-state index contributed by atoms with van der Waals surface area (Å²) in [6, 6.07) is 0.638. The molecule has 1 fully saturated rings. The SMILES string of the molecule is CCC(CC)N(CCOC)C(C)(CN)C1CC1. The molecule has 1 rings (SSSR count). The van der Waals surface area contributed by atoms with E-state index in [-0.39, 0.29) is 5.54 Å². The highest BCUT2D eigenvalue weighted by atomic mass is 16.5. The molecule has 0 aromatic heterocycles. The van der Waals surface area contributed by atoms with Crippen LogP contribution in [0, 0.1) is 5.92 Å². The number of hydrogen-bond donors (Lipinski definition) is 1. The van der Waals surface area contributed by atoms with Crippen molar-refractivity contribution in [2.24, 2.45) is 11.7 Å². The van der Waals surface area contributed by atoms with Gasteiger partial charge in [-0.05, 0) is 38.5 Å². The Morgan fingerprint density at radius 3 is 2.29 bits per heavy atom. The number of nitrogens with zero attached hydrogens (tertiary/aromatic N) is 1. The third-order valence-corrected chi connectivity index (χ3v) is 4.45. The van der Waals surface area contributed by atoms with Crippen LogP contribution in [-0.4, -0.2) is 43.3 Å². The van der Waals surface area contributed by atoms with Crippen LogP contribution in [0.1, 0.15) is 46.5 Å². The summed E-state index contributed by atoms with van der Waals surface area (Å²) in [5.74, 6) is 0.796. The van der Waals surface area contributed by atoms with E-state index in [2.05, 4.69) is 25.7 Å². The normalized spacial score (nSPS) is 19.9. The molecule has 2 N–H and O–H groups in total. The number of rotatable bonds is 9. The Morgan fingerprint density at radius 1 is 1.35 bits per heavy atom. The predicted octanol–water partition coefficient (Wildman–Crippen LogP) is 2.25. The van der Waals surface area contributed by atoms with Crippen LogP contribution in [-0.2, 0) is 4.74 Å². The van der Waals surface area contributed by atoms with Crippen molar-refractivity contribution in [2.45, 2.75) is 58.0 Å². The summed E-state index contributed by atoms with van der Waals surface area (Å²) in [4.78, 5) is 2.62. The average molecular weight is 242 g/mol. The lowest BCUT2D eigenvalue weighted by molar-refractivity contribution is 0.0167. The molecule has 0 aromatic rings. The lowest BCUT2D eigenvalue weighted by atomic mass is 9.90. The molecule has 0 radical (unpaired) electrons. The van der Waals surface area contributed by atoms with Crippen LogP contribution in [0.5, 0.6) is 0 Å². The van der Waals surface area contributed by atoms with Crippen molar-refractivity contribution in [1.29, 1.82) is 0 Å². The van der Waals surface area contributed by atoms with Crippen molar-refractivity contribution in [2.75, 3.05) is 26.8 Å². The summed E-state index contributed by atoms with van der Waals surface area (Å²) in [5.41, 5.74) is 6.26. The van der Waals surface area contributed by atoms with Crippen LogP contribution < -0.4 is 5.73 Å². The first-order valence-electron chi connectivity index (χ1n) is 7.09. The summed E-state index contributed by atoms with van der Waals surface area (Å²) in [6.07, 6.45) is 5.08. The zero-order chi connectivity index (χ0) is 12.9. The van der Waals surface area contributed by atoms with Gasteiger partial charge in [-0.15, -0.1) is 0 Å². The maximum Gasteiger partial charge on any atom is 0.0590 e. The molecular formula is C14H30N2O. The largest absolute Gasteiger partial charge is 0.383 e. The first kappa shape index (κ1) is 14.9. The van der Waals surface area contributed by atoms with Gasteiger partial charge in [0.25, 0.3) is 0 Å². The third kappa shape index (κ3) is 3.43. The van der Waals surface area contributed by atoms with E-state index in [4.69, 9.17) is 10.5 Å². The first-order valence-corrected chi connectivity index (χ1v) is 7.09. The molecule has 0 saturated heterocycles. The van der Waals surface area contributed by atoms with Gasteiger partial charge in [-0.3, -0.25) is 4.90 Å². The molecule has 0 amide bonds. The Bertz CT molecular complexity index is 214. The monoisotopic (exact) mass is 242 g/mol. The highest BCUT2D eigenvalue weighted by Gasteiger charge is 2.46. The van der Waals surface area contributed by atoms with Crippen molar-refractivity contribution in [3.63, 3.8) is 0 Å². The molecule has 3 nitrogen and oxygen atoms in total. The maximum absolute atomic E-state index is 6.09. The quantitative estimate of drug-likeness (QED) is 0.674. The Morgan fingerprint density at radius 2 is 1.94 bits per heavy atom. The highest BCUT2D eigenvalue weighted by Crippen LogP contribution is 2.43. The van der Waals surface area contributed by atoms with Crippen LogP contribution in [0.25, 0.3) is 0 Å². The first-order chi connectivity index (χ1) is 8.13. The van der Waals surface area contributed by atoms with E-state index in [0.717, 1.165) is 25.6 Å². The second-order valence-electron chi connectivity index (χ2n) is 5.49. The maximum atomic E-state index is 6.09. The molecule has 1 aliphatic rings. The molecule has 0 bridgehead atoms. The smallest absolute Gasteiger partial charge is 0.0590 e. The van der Waals surface area contributed by atoms with E-state index in [1.165, 1.54) is 25.7 Å². The van der Waals surface area contributed by atoms with Crippen molar-refractivity contribution in [3.8, 4) is 0 Å². The summed E-state index contributed by atoms with van der Waals surface area (Å²) < 4.78 is 5.27. The van der Waals surface area contributed by atoms with Crippen LogP contribution in [0.2, 0.25) is 0 Å². The zero-order valence-corrected chi connectivity index (χ0v) is 12.0. The zero-order valence-electron chi connectivity index (χ0n) is 12.0. The Kier molecular flexibility index (Phi) is 5.90. The van der Waals surface area contributed by atoms with Crippen LogP contribution in [0.4, 0.5) is 0 Å². The average Bonchev–Trinajstić information content (AvgIpc) is 3.18. The minimum atomic E-state index is 0.176. The molecule has 0 aromatic carbocycles. The molecule has 1 atom stereocenters. The number of ether oxygens (including phenoxy) is 1. The molecule has 0 heterocycles. The van der Waals surface area contributed by atoms with Gasteiger partial charge in [0.05, 0.1) is 6.61 Å². The van der Waals surface area contributed by atoms with Gasteiger partial charge in [-0.2, -0.15) is 0 Å². The summed E-state index contributed by atoms with van der Waals surface area (Å²) >= 11 is 0. The predicted molar refractivity (Wildman–Crippen MR) is 73.1 cm³/mol. The Balaban J connectivity index is 2.77. The van der Waals surface area contributed by atoms with Crippen molar-refractivity contribution in [1.82, 2.24) is 4.90 Å². The van der Waals surface area contributed by atoms with Crippen LogP contribution in [0.3, 0.4) is 0 Å². The van der Waals surface area contributed by atoms with Crippen molar-refractivity contribution in [3.05, 3.63) is 0 Å². The van der Waals surface area contributed by atoms with Gasteiger partial charge in [0.1, 0.15) is 0 Å². The second kappa shape index (κ2) is 6.72. The van der Waals surface area contributed by atoms with E-state index in [1.54, 1.807) is 7.11 Å². The molecular weight excluding hydrogens is 212 g/mol. The van der Waals surface area contributed by atoms with E-state index >= 15 is 0 Å². The van der Waals surface area contributed by atoms with E-state index in [1.807, 2.05) is 0 Å². The van der Waals surface area contributed by atoms with Crippen LogP contribution in [0.15, 0.2) is 0 Å². The van der Waals surface area contributed by atoms with Gasteiger partial charge in [-0.25, -0.2) is 0 Å². The van der Waals surface area contributed by atoms with Gasteiger partial charge in [0.15, 0.2) is 0 Å². The molecule has 1 aliphatic carbocycles. The molecule has 0 aliphatic heterocycles. The number of hydrogen-bond acceptors (Lipinski definition) is 3. The lowest BCUT2D eigenvalue weighted by Gasteiger charge is -2.45. The minimum absolute atomic E-state index is 0.176. The molecule has 0 spiro atoms. The van der Waals surface area contributed by atoms with E-state index < -0.39 is 0 Å². The summed E-state index contributed by atoms with van der Waals surface area (Å²) in [6.45, 7) is 9.47. The molecule has 1 saturated carbocycles. The van der Waals surface area contributed by atoms with E-state index in [9.17, 15) is 0 Å². The fraction of sp³-hybridized carbons (Fsp3) is 1.00. The summed E-state index contributed by atoms with van der Waals surface area (Å²) in [5, 5.41) is 0. The van der Waals surface area contributed by atoms with Gasteiger partial charge in [0, 0.05) is 31.8 Å². The van der Waals surface area contributed by atoms with Crippen LogP contribution >= 0.6 is 0 Å². The van der Waals surface area contributed by atoms with Gasteiger partial charge < -0.3 is 10.5 Å². The lowest BCUT2D eigenvalue weighted by Crippen LogP contribution is -2.58. The van der Waals surface area contributed by atoms with E-state index in [0.29, 0.717) is 6.04 Å². The second-order valence-corrected chi connectivity index (χ2v) is 5.49. The molecule has 17 heavy (non-hydrogen) atoms. The Hall–Kier alpha value is -0.120. The Labute approximate surface area is 107 Å².